The summed E-state index contributed by atoms with van der Waals surface area (Å²) in [6.07, 6.45) is 81.1. The monoisotopic (exact) mass is 1050 g/mol. The van der Waals surface area contributed by atoms with Crippen molar-refractivity contribution in [2.45, 2.75) is 348 Å². The molecule has 0 aliphatic carbocycles. The second kappa shape index (κ2) is 63.6. The SMILES string of the molecule is CC/C=C\C/C=C\C/C=C\C/C=C\CCCCCCC(=O)OC(COC(=O)CCCCCCC/C=C\CCCCC)COC(=O)CCCCCCCCCCCCCCCCCCCCCCCCCCCCCC. The fourth-order valence-corrected chi connectivity index (χ4v) is 9.61. The van der Waals surface area contributed by atoms with Crippen LogP contribution in [0.5, 0.6) is 0 Å². The van der Waals surface area contributed by atoms with Crippen LogP contribution in [0.3, 0.4) is 0 Å². The van der Waals surface area contributed by atoms with Crippen LogP contribution in [0.4, 0.5) is 0 Å². The van der Waals surface area contributed by atoms with E-state index in [9.17, 15) is 14.4 Å². The minimum absolute atomic E-state index is 0.0840. The first-order valence-corrected chi connectivity index (χ1v) is 32.8. The second-order valence-electron chi connectivity index (χ2n) is 22.0. The van der Waals surface area contributed by atoms with Gasteiger partial charge in [0.05, 0.1) is 0 Å². The Bertz CT molecular complexity index is 1340. The molecule has 1 atom stereocenters. The Labute approximate surface area is 466 Å². The number of ether oxygens (including phenoxy) is 3. The lowest BCUT2D eigenvalue weighted by atomic mass is 10.0. The molecule has 0 N–H and O–H groups in total. The molecule has 0 saturated carbocycles. The summed E-state index contributed by atoms with van der Waals surface area (Å²) in [5.41, 5.74) is 0. The molecule has 0 saturated heterocycles. The zero-order valence-electron chi connectivity index (χ0n) is 50.1. The smallest absolute Gasteiger partial charge is 0.306 e. The van der Waals surface area contributed by atoms with Crippen LogP contribution in [0.25, 0.3) is 0 Å². The van der Waals surface area contributed by atoms with Crippen molar-refractivity contribution >= 4 is 17.9 Å². The van der Waals surface area contributed by atoms with Crippen molar-refractivity contribution in [1.29, 1.82) is 0 Å². The third kappa shape index (κ3) is 61.8. The minimum Gasteiger partial charge on any atom is -0.462 e. The highest BCUT2D eigenvalue weighted by Crippen LogP contribution is 2.18. The van der Waals surface area contributed by atoms with E-state index < -0.39 is 6.10 Å². The van der Waals surface area contributed by atoms with Crippen LogP contribution in [0.15, 0.2) is 60.8 Å². The van der Waals surface area contributed by atoms with Gasteiger partial charge in [-0.2, -0.15) is 0 Å². The predicted molar refractivity (Wildman–Crippen MR) is 325 cm³/mol. The topological polar surface area (TPSA) is 78.9 Å². The molecule has 0 spiro atoms. The maximum atomic E-state index is 12.9. The molecule has 6 heteroatoms. The van der Waals surface area contributed by atoms with E-state index in [1.807, 2.05) is 0 Å². The lowest BCUT2D eigenvalue weighted by Crippen LogP contribution is -2.30. The number of allylic oxidation sites excluding steroid dienone is 10. The molecule has 0 bridgehead atoms. The summed E-state index contributed by atoms with van der Waals surface area (Å²) in [5, 5.41) is 0. The van der Waals surface area contributed by atoms with Gasteiger partial charge in [0, 0.05) is 19.3 Å². The van der Waals surface area contributed by atoms with Crippen LogP contribution in [0.1, 0.15) is 342 Å². The van der Waals surface area contributed by atoms with Crippen molar-refractivity contribution in [3.8, 4) is 0 Å². The average molecular weight is 1050 g/mol. The van der Waals surface area contributed by atoms with Crippen LogP contribution < -0.4 is 0 Å². The van der Waals surface area contributed by atoms with Crippen molar-refractivity contribution in [2.75, 3.05) is 13.2 Å². The summed E-state index contributed by atoms with van der Waals surface area (Å²) in [4.78, 5) is 38.2. The fraction of sp³-hybridized carbons (Fsp3) is 0.812. The van der Waals surface area contributed by atoms with Crippen molar-refractivity contribution in [2.24, 2.45) is 0 Å². The molecule has 6 nitrogen and oxygen atoms in total. The molecule has 0 aromatic heterocycles. The summed E-state index contributed by atoms with van der Waals surface area (Å²) in [5.74, 6) is -0.901. The summed E-state index contributed by atoms with van der Waals surface area (Å²) in [6, 6.07) is 0. The van der Waals surface area contributed by atoms with E-state index in [4.69, 9.17) is 14.2 Å². The zero-order chi connectivity index (χ0) is 54.3. The molecule has 0 fully saturated rings. The van der Waals surface area contributed by atoms with Gasteiger partial charge in [-0.05, 0) is 83.5 Å². The van der Waals surface area contributed by atoms with Crippen LogP contribution >= 0.6 is 0 Å². The number of hydrogen-bond donors (Lipinski definition) is 0. The molecule has 1 unspecified atom stereocenters. The number of carbonyl (C=O) groups excluding carboxylic acids is 3. The van der Waals surface area contributed by atoms with E-state index in [1.165, 1.54) is 199 Å². The van der Waals surface area contributed by atoms with Crippen molar-refractivity contribution < 1.29 is 28.6 Å². The number of carbonyl (C=O) groups is 3. The Kier molecular flexibility index (Phi) is 61.2. The molecule has 75 heavy (non-hydrogen) atoms. The molecule has 0 rings (SSSR count). The maximum Gasteiger partial charge on any atom is 0.306 e. The van der Waals surface area contributed by atoms with Gasteiger partial charge in [0.1, 0.15) is 13.2 Å². The highest BCUT2D eigenvalue weighted by atomic mass is 16.6. The molecule has 436 valence electrons. The summed E-state index contributed by atoms with van der Waals surface area (Å²) >= 11 is 0. The van der Waals surface area contributed by atoms with Crippen molar-refractivity contribution in [1.82, 2.24) is 0 Å². The van der Waals surface area contributed by atoms with Crippen molar-refractivity contribution in [3.63, 3.8) is 0 Å². The van der Waals surface area contributed by atoms with E-state index in [2.05, 4.69) is 81.5 Å². The van der Waals surface area contributed by atoms with E-state index in [-0.39, 0.29) is 31.1 Å². The van der Waals surface area contributed by atoms with E-state index in [0.29, 0.717) is 19.3 Å². The Morgan fingerprint density at radius 2 is 0.520 bits per heavy atom. The van der Waals surface area contributed by atoms with Gasteiger partial charge < -0.3 is 14.2 Å². The molecular weight excluding hydrogens is 925 g/mol. The first-order valence-electron chi connectivity index (χ1n) is 32.8. The summed E-state index contributed by atoms with van der Waals surface area (Å²) < 4.78 is 16.9. The van der Waals surface area contributed by atoms with Gasteiger partial charge in [0.15, 0.2) is 6.10 Å². The Hall–Kier alpha value is -2.89. The van der Waals surface area contributed by atoms with Crippen LogP contribution in [-0.4, -0.2) is 37.2 Å². The second-order valence-corrected chi connectivity index (χ2v) is 22.0. The highest BCUT2D eigenvalue weighted by molar-refractivity contribution is 5.71. The molecule has 0 heterocycles. The van der Waals surface area contributed by atoms with Gasteiger partial charge in [-0.3, -0.25) is 14.4 Å². The Morgan fingerprint density at radius 3 is 0.853 bits per heavy atom. The largest absolute Gasteiger partial charge is 0.462 e. The molecule has 0 amide bonds. The average Bonchev–Trinajstić information content (AvgIpc) is 3.41. The van der Waals surface area contributed by atoms with Gasteiger partial charge in [-0.25, -0.2) is 0 Å². The summed E-state index contributed by atoms with van der Waals surface area (Å²) in [7, 11) is 0. The first-order chi connectivity index (χ1) is 37.0. The van der Waals surface area contributed by atoms with Gasteiger partial charge >= 0.3 is 17.9 Å². The number of unbranched alkanes of at least 4 members (excludes halogenated alkanes) is 39. The van der Waals surface area contributed by atoms with Crippen LogP contribution in [0, 0.1) is 0 Å². The molecule has 0 radical (unpaired) electrons. The maximum absolute atomic E-state index is 12.9. The summed E-state index contributed by atoms with van der Waals surface area (Å²) in [6.45, 7) is 6.52. The predicted octanol–water partition coefficient (Wildman–Crippen LogP) is 22.3. The van der Waals surface area contributed by atoms with Gasteiger partial charge in [0.2, 0.25) is 0 Å². The molecular formula is C69H124O6. The molecule has 0 aromatic carbocycles. The van der Waals surface area contributed by atoms with E-state index in [0.717, 1.165) is 103 Å². The fourth-order valence-electron chi connectivity index (χ4n) is 9.61. The standard InChI is InChI=1S/C69H124O6/c1-4-7-10-13-16-19-22-25-27-29-30-31-32-33-34-35-36-37-38-39-41-42-44-47-50-53-56-59-62-68(71)74-65-66(64-73-67(70)61-58-55-52-49-46-24-21-18-15-12-9-6-3)75-69(72)63-60-57-54-51-48-45-43-40-28-26-23-20-17-14-11-8-5-2/h8,11,17-18,20-21,26,28,43,45,66H,4-7,9-10,12-16,19,22-25,27,29-42,44,46-65H2,1-3H3/b11-8-,20-17-,21-18-,28-26-,45-43-. The van der Waals surface area contributed by atoms with Crippen molar-refractivity contribution in [3.05, 3.63) is 60.8 Å². The van der Waals surface area contributed by atoms with Gasteiger partial charge in [-0.1, -0.05) is 300 Å². The molecule has 0 aromatic rings. The molecule has 0 aliphatic rings. The zero-order valence-corrected chi connectivity index (χ0v) is 50.1. The number of hydrogen-bond acceptors (Lipinski definition) is 6. The normalized spacial score (nSPS) is 12.4. The third-order valence-corrected chi connectivity index (χ3v) is 14.5. The lowest BCUT2D eigenvalue weighted by Gasteiger charge is -2.18. The number of esters is 3. The number of rotatable bonds is 60. The van der Waals surface area contributed by atoms with E-state index in [1.54, 1.807) is 0 Å². The van der Waals surface area contributed by atoms with E-state index >= 15 is 0 Å². The van der Waals surface area contributed by atoms with Crippen LogP contribution in [0.2, 0.25) is 0 Å². The lowest BCUT2D eigenvalue weighted by molar-refractivity contribution is -0.167. The van der Waals surface area contributed by atoms with Gasteiger partial charge in [-0.15, -0.1) is 0 Å². The quantitative estimate of drug-likeness (QED) is 0.0261. The molecule has 0 aliphatic heterocycles. The highest BCUT2D eigenvalue weighted by Gasteiger charge is 2.19. The van der Waals surface area contributed by atoms with Crippen LogP contribution in [-0.2, 0) is 28.6 Å². The van der Waals surface area contributed by atoms with Gasteiger partial charge in [0.25, 0.3) is 0 Å². The Balaban J connectivity index is 4.20. The Morgan fingerprint density at radius 1 is 0.280 bits per heavy atom. The minimum atomic E-state index is -0.790. The third-order valence-electron chi connectivity index (χ3n) is 14.5. The first kappa shape index (κ1) is 72.1.